The number of carbonyl (C=O) groups is 2. The van der Waals surface area contributed by atoms with Gasteiger partial charge in [-0.3, -0.25) is 4.79 Å². The average molecular weight is 560 g/mol. The van der Waals surface area contributed by atoms with Gasteiger partial charge in [-0.1, -0.05) is 40.2 Å². The van der Waals surface area contributed by atoms with Gasteiger partial charge in [0, 0.05) is 11.6 Å². The molecule has 5 nitrogen and oxygen atoms in total. The van der Waals surface area contributed by atoms with E-state index in [1.807, 2.05) is 24.0 Å². The lowest BCUT2D eigenvalue weighted by molar-refractivity contribution is -0.274. The number of alkyl halides is 3. The summed E-state index contributed by atoms with van der Waals surface area (Å²) in [4.78, 5) is 28.5. The van der Waals surface area contributed by atoms with E-state index in [0.717, 1.165) is 62.5 Å². The maximum absolute atomic E-state index is 14.0. The number of aryl methyl sites for hydroxylation is 1. The number of esters is 1. The number of amides is 1. The maximum Gasteiger partial charge on any atom is 0.573 e. The van der Waals surface area contributed by atoms with Crippen LogP contribution < -0.4 is 4.74 Å². The largest absolute Gasteiger partial charge is 0.573 e. The summed E-state index contributed by atoms with van der Waals surface area (Å²) < 4.78 is 47.4. The van der Waals surface area contributed by atoms with Gasteiger partial charge in [0.15, 0.2) is 0 Å². The first kappa shape index (κ1) is 29.9. The summed E-state index contributed by atoms with van der Waals surface area (Å²) in [5.41, 5.74) is 3.09. The van der Waals surface area contributed by atoms with Crippen LogP contribution in [0.3, 0.4) is 0 Å². The van der Waals surface area contributed by atoms with Gasteiger partial charge in [0.05, 0.1) is 18.2 Å². The summed E-state index contributed by atoms with van der Waals surface area (Å²) in [7, 11) is 0. The fourth-order valence-electron chi connectivity index (χ4n) is 6.13. The number of fused-ring (bicyclic) bond motifs is 1. The van der Waals surface area contributed by atoms with Gasteiger partial charge < -0.3 is 14.4 Å². The van der Waals surface area contributed by atoms with Crippen LogP contribution in [0, 0.1) is 11.3 Å². The van der Waals surface area contributed by atoms with Crippen molar-refractivity contribution in [3.8, 4) is 5.75 Å². The minimum Gasteiger partial charge on any atom is -0.462 e. The minimum absolute atomic E-state index is 0.0202. The van der Waals surface area contributed by atoms with Crippen molar-refractivity contribution in [2.75, 3.05) is 6.61 Å². The lowest BCUT2D eigenvalue weighted by Gasteiger charge is -2.43. The number of benzene rings is 2. The van der Waals surface area contributed by atoms with Crippen molar-refractivity contribution in [3.63, 3.8) is 0 Å². The molecule has 0 heterocycles. The Morgan fingerprint density at radius 3 is 2.17 bits per heavy atom. The van der Waals surface area contributed by atoms with Crippen LogP contribution in [0.15, 0.2) is 42.5 Å². The SMILES string of the molecule is CCCCOC(=O)c1ccc2c(c1)CCC2N(C(=O)c1ccc(OC(F)(F)F)cc1)C1CCC(C(C)(C)C)CC1. The Morgan fingerprint density at radius 1 is 0.925 bits per heavy atom. The highest BCUT2D eigenvalue weighted by Crippen LogP contribution is 2.44. The highest BCUT2D eigenvalue weighted by atomic mass is 19.4. The number of halogens is 3. The third-order valence-corrected chi connectivity index (χ3v) is 8.38. The van der Waals surface area contributed by atoms with Crippen LogP contribution in [0.4, 0.5) is 13.2 Å². The molecule has 8 heteroatoms. The molecule has 0 saturated heterocycles. The molecule has 2 aromatic carbocycles. The van der Waals surface area contributed by atoms with Crippen molar-refractivity contribution in [2.45, 2.75) is 97.5 Å². The number of nitrogens with zero attached hydrogens (tertiary/aromatic N) is 1. The monoisotopic (exact) mass is 559 g/mol. The Morgan fingerprint density at radius 2 is 1.57 bits per heavy atom. The van der Waals surface area contributed by atoms with E-state index >= 15 is 0 Å². The van der Waals surface area contributed by atoms with Crippen molar-refractivity contribution < 1.29 is 32.2 Å². The molecule has 1 saturated carbocycles. The standard InChI is InChI=1S/C32H40F3NO4/c1-5-6-19-39-30(38)23-9-17-27-22(20-23)10-18-28(27)36(25-13-11-24(12-14-25)31(2,3)4)29(37)21-7-15-26(16-8-21)40-32(33,34)35/h7-9,15-17,20,24-25,28H,5-6,10-14,18-19H2,1-4H3. The molecule has 4 rings (SSSR count). The molecule has 2 aromatic rings. The van der Waals surface area contributed by atoms with Gasteiger partial charge in [-0.15, -0.1) is 13.2 Å². The lowest BCUT2D eigenvalue weighted by Crippen LogP contribution is -2.45. The summed E-state index contributed by atoms with van der Waals surface area (Å²) in [6.45, 7) is 9.19. The Bertz CT molecular complexity index is 1180. The number of unbranched alkanes of at least 4 members (excludes halogenated alkanes) is 1. The molecule has 2 aliphatic rings. The van der Waals surface area contributed by atoms with Crippen molar-refractivity contribution in [1.82, 2.24) is 4.90 Å². The zero-order valence-electron chi connectivity index (χ0n) is 23.9. The molecule has 0 aromatic heterocycles. The number of ether oxygens (including phenoxy) is 2. The Kier molecular flexibility index (Phi) is 9.16. The van der Waals surface area contributed by atoms with E-state index in [1.165, 1.54) is 24.3 Å². The first-order valence-corrected chi connectivity index (χ1v) is 14.4. The molecule has 1 fully saturated rings. The first-order chi connectivity index (χ1) is 18.9. The number of rotatable bonds is 8. The van der Waals surface area contributed by atoms with Gasteiger partial charge in [0.1, 0.15) is 5.75 Å². The fraction of sp³-hybridized carbons (Fsp3) is 0.562. The molecular weight excluding hydrogens is 519 g/mol. The third kappa shape index (κ3) is 7.18. The molecule has 0 aliphatic heterocycles. The van der Waals surface area contributed by atoms with Crippen LogP contribution in [0.1, 0.15) is 111 Å². The third-order valence-electron chi connectivity index (χ3n) is 8.38. The van der Waals surface area contributed by atoms with E-state index in [1.54, 1.807) is 6.07 Å². The summed E-state index contributed by atoms with van der Waals surface area (Å²) in [5, 5.41) is 0. The molecule has 218 valence electrons. The quantitative estimate of drug-likeness (QED) is 0.241. The van der Waals surface area contributed by atoms with E-state index in [-0.39, 0.29) is 35.1 Å². The van der Waals surface area contributed by atoms with Crippen molar-refractivity contribution in [3.05, 3.63) is 64.7 Å². The molecule has 0 N–H and O–H groups in total. The highest BCUT2D eigenvalue weighted by Gasteiger charge is 2.40. The summed E-state index contributed by atoms with van der Waals surface area (Å²) in [6.07, 6.45) is 2.19. The second kappa shape index (κ2) is 12.2. The zero-order chi connectivity index (χ0) is 29.1. The molecule has 1 atom stereocenters. The zero-order valence-corrected chi connectivity index (χ0v) is 23.9. The second-order valence-electron chi connectivity index (χ2n) is 12.1. The highest BCUT2D eigenvalue weighted by molar-refractivity contribution is 5.95. The van der Waals surface area contributed by atoms with Crippen LogP contribution in [0.25, 0.3) is 0 Å². The Balaban J connectivity index is 1.60. The average Bonchev–Trinajstić information content (AvgIpc) is 3.31. The molecule has 0 radical (unpaired) electrons. The number of hydrogen-bond acceptors (Lipinski definition) is 4. The first-order valence-electron chi connectivity index (χ1n) is 14.4. The topological polar surface area (TPSA) is 55.8 Å². The Labute approximate surface area is 235 Å². The van der Waals surface area contributed by atoms with E-state index < -0.39 is 6.36 Å². The van der Waals surface area contributed by atoms with Gasteiger partial charge in [-0.2, -0.15) is 0 Å². The van der Waals surface area contributed by atoms with E-state index in [0.29, 0.717) is 23.7 Å². The van der Waals surface area contributed by atoms with Crippen LogP contribution in [0.5, 0.6) is 5.75 Å². The van der Waals surface area contributed by atoms with E-state index in [4.69, 9.17) is 4.74 Å². The lowest BCUT2D eigenvalue weighted by atomic mass is 9.71. The fourth-order valence-corrected chi connectivity index (χ4v) is 6.13. The maximum atomic E-state index is 14.0. The van der Waals surface area contributed by atoms with Crippen LogP contribution in [-0.4, -0.2) is 35.8 Å². The van der Waals surface area contributed by atoms with Crippen molar-refractivity contribution in [2.24, 2.45) is 11.3 Å². The molecule has 40 heavy (non-hydrogen) atoms. The van der Waals surface area contributed by atoms with Gasteiger partial charge in [-0.05, 0) is 104 Å². The molecular formula is C32H40F3NO4. The van der Waals surface area contributed by atoms with E-state index in [2.05, 4.69) is 25.5 Å². The molecule has 0 bridgehead atoms. The molecule has 1 amide bonds. The minimum atomic E-state index is -4.79. The number of carbonyl (C=O) groups excluding carboxylic acids is 2. The van der Waals surface area contributed by atoms with Gasteiger partial charge >= 0.3 is 12.3 Å². The predicted octanol–water partition coefficient (Wildman–Crippen LogP) is 8.28. The summed E-state index contributed by atoms with van der Waals surface area (Å²) in [6, 6.07) is 10.6. The summed E-state index contributed by atoms with van der Waals surface area (Å²) >= 11 is 0. The second-order valence-corrected chi connectivity index (χ2v) is 12.1. The smallest absolute Gasteiger partial charge is 0.462 e. The Hall–Kier alpha value is -3.03. The van der Waals surface area contributed by atoms with E-state index in [9.17, 15) is 22.8 Å². The normalized spacial score (nSPS) is 21.0. The molecule has 1 unspecified atom stereocenters. The van der Waals surface area contributed by atoms with Crippen molar-refractivity contribution in [1.29, 1.82) is 0 Å². The van der Waals surface area contributed by atoms with Gasteiger partial charge in [0.25, 0.3) is 5.91 Å². The molecule has 2 aliphatic carbocycles. The summed E-state index contributed by atoms with van der Waals surface area (Å²) in [5.74, 6) is -0.324. The predicted molar refractivity (Wildman–Crippen MR) is 147 cm³/mol. The van der Waals surface area contributed by atoms with Crippen LogP contribution in [0.2, 0.25) is 0 Å². The van der Waals surface area contributed by atoms with Gasteiger partial charge in [-0.25, -0.2) is 4.79 Å². The van der Waals surface area contributed by atoms with Crippen LogP contribution >= 0.6 is 0 Å². The molecule has 0 spiro atoms. The van der Waals surface area contributed by atoms with Crippen LogP contribution in [-0.2, 0) is 11.2 Å². The number of hydrogen-bond donors (Lipinski definition) is 0. The van der Waals surface area contributed by atoms with Crippen molar-refractivity contribution >= 4 is 11.9 Å². The van der Waals surface area contributed by atoms with Gasteiger partial charge in [0.2, 0.25) is 0 Å².